The number of carbonyl (C=O) groups is 2. The van der Waals surface area contributed by atoms with Crippen molar-refractivity contribution in [3.8, 4) is 0 Å². The molecule has 1 aliphatic rings. The van der Waals surface area contributed by atoms with Crippen LogP contribution in [0, 0.1) is 0 Å². The molecule has 4 N–H and O–H groups in total. The number of aryl methyl sites for hydroxylation is 1. The zero-order chi connectivity index (χ0) is 18.2. The number of nitrogens with zero attached hydrogens (tertiary/aromatic N) is 1. The Morgan fingerprint density at radius 2 is 2.00 bits per heavy atom. The van der Waals surface area contributed by atoms with E-state index in [9.17, 15) is 9.59 Å². The van der Waals surface area contributed by atoms with Gasteiger partial charge < -0.3 is 20.9 Å². The lowest BCUT2D eigenvalue weighted by Gasteiger charge is -2.37. The minimum absolute atomic E-state index is 0.122. The van der Waals surface area contributed by atoms with Crippen molar-refractivity contribution in [1.29, 1.82) is 0 Å². The van der Waals surface area contributed by atoms with Crippen molar-refractivity contribution in [3.05, 3.63) is 33.9 Å². The van der Waals surface area contributed by atoms with Crippen molar-refractivity contribution in [2.24, 2.45) is 12.8 Å². The number of primary amides is 1. The second-order valence-electron chi connectivity index (χ2n) is 6.51. The molecule has 1 aliphatic heterocycles. The second kappa shape index (κ2) is 6.86. The Bertz CT molecular complexity index is 841. The van der Waals surface area contributed by atoms with E-state index in [1.807, 2.05) is 6.07 Å². The summed E-state index contributed by atoms with van der Waals surface area (Å²) >= 11 is 12.3. The Hall–Kier alpha value is -1.76. The molecule has 2 amide bonds. The molecule has 0 bridgehead atoms. The van der Waals surface area contributed by atoms with Crippen LogP contribution in [0.3, 0.4) is 0 Å². The van der Waals surface area contributed by atoms with Crippen LogP contribution < -0.4 is 16.4 Å². The molecule has 3 rings (SSSR count). The van der Waals surface area contributed by atoms with Gasteiger partial charge in [-0.05, 0) is 44.1 Å². The maximum Gasteiger partial charge on any atom is 0.268 e. The molecule has 1 aromatic carbocycles. The standard InChI is InChI=1S/C17H20Cl2N4O2/c1-23-12-3-2-11(18)15(19)10(12)8-13(23)16(25)22-17(9-14(20)24)4-6-21-7-5-17/h2-3,8,21H,4-7,9H2,1H3,(H2,20,24)(H,22,25). The molecule has 8 heteroatoms. The molecule has 0 unspecified atom stereocenters. The summed E-state index contributed by atoms with van der Waals surface area (Å²) < 4.78 is 1.77. The highest BCUT2D eigenvalue weighted by atomic mass is 35.5. The van der Waals surface area contributed by atoms with Gasteiger partial charge in [-0.1, -0.05) is 23.2 Å². The first-order valence-corrected chi connectivity index (χ1v) is 8.83. The van der Waals surface area contributed by atoms with Crippen LogP contribution in [-0.4, -0.2) is 35.0 Å². The zero-order valence-corrected chi connectivity index (χ0v) is 15.4. The van der Waals surface area contributed by atoms with Crippen LogP contribution in [0.1, 0.15) is 29.8 Å². The van der Waals surface area contributed by atoms with Gasteiger partial charge in [-0.25, -0.2) is 0 Å². The number of hydrogen-bond acceptors (Lipinski definition) is 3. The van der Waals surface area contributed by atoms with Crippen LogP contribution in [-0.2, 0) is 11.8 Å². The summed E-state index contributed by atoms with van der Waals surface area (Å²) in [5, 5.41) is 7.85. The van der Waals surface area contributed by atoms with E-state index in [-0.39, 0.29) is 12.3 Å². The zero-order valence-electron chi connectivity index (χ0n) is 13.9. The number of carbonyl (C=O) groups excluding carboxylic acids is 2. The fourth-order valence-corrected chi connectivity index (χ4v) is 3.84. The summed E-state index contributed by atoms with van der Waals surface area (Å²) in [7, 11) is 1.80. The molecule has 0 atom stereocenters. The van der Waals surface area contributed by atoms with Crippen molar-refractivity contribution in [1.82, 2.24) is 15.2 Å². The number of aromatic nitrogens is 1. The number of benzene rings is 1. The fourth-order valence-electron chi connectivity index (χ4n) is 3.46. The van der Waals surface area contributed by atoms with E-state index in [0.29, 0.717) is 28.6 Å². The average Bonchev–Trinajstić information content (AvgIpc) is 2.89. The lowest BCUT2D eigenvalue weighted by atomic mass is 9.84. The Morgan fingerprint density at radius 1 is 1.32 bits per heavy atom. The maximum atomic E-state index is 12.9. The lowest BCUT2D eigenvalue weighted by Crippen LogP contribution is -2.56. The monoisotopic (exact) mass is 382 g/mol. The van der Waals surface area contributed by atoms with Crippen LogP contribution in [0.2, 0.25) is 10.0 Å². The first kappa shape index (κ1) is 18.0. The van der Waals surface area contributed by atoms with E-state index >= 15 is 0 Å². The Morgan fingerprint density at radius 3 is 2.64 bits per heavy atom. The van der Waals surface area contributed by atoms with Gasteiger partial charge in [-0.2, -0.15) is 0 Å². The molecule has 0 spiro atoms. The number of fused-ring (bicyclic) bond motifs is 1. The minimum Gasteiger partial charge on any atom is -0.370 e. The first-order valence-electron chi connectivity index (χ1n) is 8.08. The van der Waals surface area contributed by atoms with Crippen molar-refractivity contribution in [3.63, 3.8) is 0 Å². The van der Waals surface area contributed by atoms with E-state index in [1.165, 1.54) is 0 Å². The van der Waals surface area contributed by atoms with Gasteiger partial charge in [0.15, 0.2) is 0 Å². The Balaban J connectivity index is 1.94. The van der Waals surface area contributed by atoms with E-state index in [2.05, 4.69) is 10.6 Å². The van der Waals surface area contributed by atoms with Gasteiger partial charge in [0.05, 0.1) is 15.6 Å². The van der Waals surface area contributed by atoms with E-state index < -0.39 is 11.4 Å². The largest absolute Gasteiger partial charge is 0.370 e. The maximum absolute atomic E-state index is 12.9. The van der Waals surface area contributed by atoms with Gasteiger partial charge >= 0.3 is 0 Å². The highest BCUT2D eigenvalue weighted by Gasteiger charge is 2.36. The SMILES string of the molecule is Cn1c(C(=O)NC2(CC(N)=O)CCNCC2)cc2c(Cl)c(Cl)ccc21. The van der Waals surface area contributed by atoms with Gasteiger partial charge in [0.25, 0.3) is 5.91 Å². The lowest BCUT2D eigenvalue weighted by molar-refractivity contribution is -0.119. The Labute approximate surface area is 155 Å². The normalized spacial score (nSPS) is 16.8. The van der Waals surface area contributed by atoms with Crippen LogP contribution in [0.5, 0.6) is 0 Å². The summed E-state index contributed by atoms with van der Waals surface area (Å²) in [6, 6.07) is 5.25. The average molecular weight is 383 g/mol. The molecule has 0 saturated carbocycles. The number of nitrogens with one attached hydrogen (secondary N) is 2. The molecular formula is C17H20Cl2N4O2. The topological polar surface area (TPSA) is 89.2 Å². The molecule has 25 heavy (non-hydrogen) atoms. The van der Waals surface area contributed by atoms with Gasteiger partial charge in [0, 0.05) is 24.4 Å². The molecule has 1 fully saturated rings. The van der Waals surface area contributed by atoms with Crippen molar-refractivity contribution in [2.45, 2.75) is 24.8 Å². The quantitative estimate of drug-likeness (QED) is 0.756. The number of amides is 2. The highest BCUT2D eigenvalue weighted by Crippen LogP contribution is 2.33. The van der Waals surface area contributed by atoms with Crippen LogP contribution >= 0.6 is 23.2 Å². The van der Waals surface area contributed by atoms with Gasteiger partial charge in [0.1, 0.15) is 5.69 Å². The summed E-state index contributed by atoms with van der Waals surface area (Å²) in [6.45, 7) is 1.45. The number of halogens is 2. The number of rotatable bonds is 4. The summed E-state index contributed by atoms with van der Waals surface area (Å²) in [6.07, 6.45) is 1.42. The van der Waals surface area contributed by atoms with Crippen LogP contribution in [0.4, 0.5) is 0 Å². The molecule has 1 saturated heterocycles. The molecule has 134 valence electrons. The van der Waals surface area contributed by atoms with Crippen LogP contribution in [0.25, 0.3) is 10.9 Å². The van der Waals surface area contributed by atoms with Gasteiger partial charge in [-0.15, -0.1) is 0 Å². The molecular weight excluding hydrogens is 363 g/mol. The summed E-state index contributed by atoms with van der Waals surface area (Å²) in [5.41, 5.74) is 6.06. The molecule has 6 nitrogen and oxygen atoms in total. The summed E-state index contributed by atoms with van der Waals surface area (Å²) in [5.74, 6) is -0.678. The second-order valence-corrected chi connectivity index (χ2v) is 7.30. The first-order chi connectivity index (χ1) is 11.8. The van der Waals surface area contributed by atoms with Crippen molar-refractivity contribution in [2.75, 3.05) is 13.1 Å². The molecule has 2 aromatic rings. The molecule has 2 heterocycles. The third-order valence-corrected chi connectivity index (χ3v) is 5.62. The van der Waals surface area contributed by atoms with Crippen molar-refractivity contribution < 1.29 is 9.59 Å². The smallest absolute Gasteiger partial charge is 0.268 e. The molecule has 0 aliphatic carbocycles. The van der Waals surface area contributed by atoms with Gasteiger partial charge in [-0.3, -0.25) is 9.59 Å². The van der Waals surface area contributed by atoms with E-state index in [1.54, 1.807) is 23.7 Å². The van der Waals surface area contributed by atoms with E-state index in [0.717, 1.165) is 24.0 Å². The minimum atomic E-state index is -0.619. The summed E-state index contributed by atoms with van der Waals surface area (Å²) in [4.78, 5) is 24.4. The number of piperidine rings is 1. The molecule has 0 radical (unpaired) electrons. The van der Waals surface area contributed by atoms with E-state index in [4.69, 9.17) is 28.9 Å². The Kier molecular flexibility index (Phi) is 4.95. The highest BCUT2D eigenvalue weighted by molar-refractivity contribution is 6.45. The number of hydrogen-bond donors (Lipinski definition) is 3. The fraction of sp³-hybridized carbons (Fsp3) is 0.412. The predicted molar refractivity (Wildman–Crippen MR) is 99.1 cm³/mol. The van der Waals surface area contributed by atoms with Crippen molar-refractivity contribution >= 4 is 45.9 Å². The molecule has 1 aromatic heterocycles. The third kappa shape index (κ3) is 3.47. The van der Waals surface area contributed by atoms with Crippen LogP contribution in [0.15, 0.2) is 18.2 Å². The number of nitrogens with two attached hydrogens (primary N) is 1. The predicted octanol–water partition coefficient (Wildman–Crippen LogP) is 2.21. The third-order valence-electron chi connectivity index (χ3n) is 4.80. The van der Waals surface area contributed by atoms with Gasteiger partial charge in [0.2, 0.25) is 5.91 Å².